The van der Waals surface area contributed by atoms with E-state index in [9.17, 15) is 19.5 Å². The first-order valence-corrected chi connectivity index (χ1v) is 12.1. The Labute approximate surface area is 212 Å². The first-order valence-electron chi connectivity index (χ1n) is 11.4. The Hall–Kier alpha value is -3.20. The molecule has 8 nitrogen and oxygen atoms in total. The molecule has 190 valence electrons. The highest BCUT2D eigenvalue weighted by Crippen LogP contribution is 2.33. The Morgan fingerprint density at radius 2 is 1.69 bits per heavy atom. The monoisotopic (exact) mass is 501 g/mol. The molecule has 0 bridgehead atoms. The van der Waals surface area contributed by atoms with Gasteiger partial charge in [0.05, 0.1) is 0 Å². The molecule has 35 heavy (non-hydrogen) atoms. The van der Waals surface area contributed by atoms with Gasteiger partial charge in [-0.1, -0.05) is 36.4 Å². The molecule has 0 aliphatic heterocycles. The van der Waals surface area contributed by atoms with Crippen molar-refractivity contribution in [1.82, 2.24) is 10.2 Å². The number of aromatic hydroxyl groups is 1. The Balaban J connectivity index is 2.46. The molecule has 3 N–H and O–H groups in total. The molecule has 2 atom stereocenters. The van der Waals surface area contributed by atoms with E-state index in [4.69, 9.17) is 4.74 Å². The standard InChI is InChI=1S/C26H35N3O5S/c1-7-29(24(32)20(15-35)28-25(33)34-26(4,5)6)21(18-13-10-12-17(3)22(18)30)23(31)27-19-14-9-8-11-16(19)2/h8-14,20-21,30,35H,7,15H2,1-6H3,(H,27,31)(H,28,33). The number of thiol groups is 1. The van der Waals surface area contributed by atoms with Gasteiger partial charge >= 0.3 is 6.09 Å². The summed E-state index contributed by atoms with van der Waals surface area (Å²) < 4.78 is 5.28. The van der Waals surface area contributed by atoms with Gasteiger partial charge < -0.3 is 25.4 Å². The van der Waals surface area contributed by atoms with Gasteiger partial charge in [0.25, 0.3) is 5.91 Å². The molecule has 0 spiro atoms. The van der Waals surface area contributed by atoms with Crippen LogP contribution in [0.4, 0.5) is 10.5 Å². The third-order valence-corrected chi connectivity index (χ3v) is 5.69. The molecular formula is C26H35N3O5S. The Bertz CT molecular complexity index is 1070. The fourth-order valence-corrected chi connectivity index (χ4v) is 3.82. The smallest absolute Gasteiger partial charge is 0.408 e. The molecular weight excluding hydrogens is 466 g/mol. The van der Waals surface area contributed by atoms with Crippen LogP contribution in [0.25, 0.3) is 0 Å². The van der Waals surface area contributed by atoms with Crippen LogP contribution < -0.4 is 10.6 Å². The zero-order valence-electron chi connectivity index (χ0n) is 21.1. The number of amides is 3. The zero-order valence-corrected chi connectivity index (χ0v) is 22.0. The average Bonchev–Trinajstić information content (AvgIpc) is 2.78. The molecule has 0 aliphatic carbocycles. The van der Waals surface area contributed by atoms with Crippen LogP contribution >= 0.6 is 12.6 Å². The number of carbonyl (C=O) groups is 3. The molecule has 0 saturated heterocycles. The largest absolute Gasteiger partial charge is 0.507 e. The predicted octanol–water partition coefficient (Wildman–Crippen LogP) is 4.36. The van der Waals surface area contributed by atoms with Crippen molar-refractivity contribution >= 4 is 36.2 Å². The van der Waals surface area contributed by atoms with Crippen molar-refractivity contribution in [2.24, 2.45) is 0 Å². The minimum atomic E-state index is -1.16. The third-order valence-electron chi connectivity index (χ3n) is 5.32. The van der Waals surface area contributed by atoms with Crippen LogP contribution in [0.1, 0.15) is 50.4 Å². The second kappa shape index (κ2) is 12.0. The highest BCUT2D eigenvalue weighted by Gasteiger charge is 2.36. The number of para-hydroxylation sites is 2. The molecule has 0 aliphatic rings. The van der Waals surface area contributed by atoms with Gasteiger partial charge in [-0.15, -0.1) is 0 Å². The lowest BCUT2D eigenvalue weighted by Crippen LogP contribution is -2.53. The van der Waals surface area contributed by atoms with Gasteiger partial charge in [-0.05, 0) is 58.7 Å². The van der Waals surface area contributed by atoms with Gasteiger partial charge in [-0.2, -0.15) is 12.6 Å². The van der Waals surface area contributed by atoms with Crippen molar-refractivity contribution in [2.75, 3.05) is 17.6 Å². The van der Waals surface area contributed by atoms with E-state index in [0.717, 1.165) is 5.56 Å². The molecule has 0 heterocycles. The number of carbonyl (C=O) groups excluding carboxylic acids is 3. The molecule has 0 fully saturated rings. The number of aryl methyl sites for hydroxylation is 2. The van der Waals surface area contributed by atoms with E-state index in [1.165, 1.54) is 4.90 Å². The molecule has 9 heteroatoms. The van der Waals surface area contributed by atoms with Gasteiger partial charge in [0.2, 0.25) is 5.91 Å². The van der Waals surface area contributed by atoms with Crippen molar-refractivity contribution in [3.8, 4) is 5.75 Å². The van der Waals surface area contributed by atoms with E-state index in [1.807, 2.05) is 19.1 Å². The first kappa shape index (κ1) is 28.0. The van der Waals surface area contributed by atoms with Crippen LogP contribution in [0.5, 0.6) is 5.75 Å². The van der Waals surface area contributed by atoms with Crippen molar-refractivity contribution < 1.29 is 24.2 Å². The van der Waals surface area contributed by atoms with Crippen molar-refractivity contribution in [2.45, 2.75) is 59.2 Å². The quantitative estimate of drug-likeness (QED) is 0.402. The maximum Gasteiger partial charge on any atom is 0.408 e. The number of nitrogens with zero attached hydrogens (tertiary/aromatic N) is 1. The number of anilines is 1. The lowest BCUT2D eigenvalue weighted by atomic mass is 9.99. The Morgan fingerprint density at radius 1 is 1.06 bits per heavy atom. The molecule has 3 amide bonds. The fourth-order valence-electron chi connectivity index (χ4n) is 3.57. The second-order valence-electron chi connectivity index (χ2n) is 9.23. The maximum atomic E-state index is 13.6. The van der Waals surface area contributed by atoms with Crippen LogP contribution in [0.3, 0.4) is 0 Å². The van der Waals surface area contributed by atoms with Gasteiger partial charge in [-0.25, -0.2) is 4.79 Å². The summed E-state index contributed by atoms with van der Waals surface area (Å²) in [5, 5.41) is 16.2. The second-order valence-corrected chi connectivity index (χ2v) is 9.59. The molecule has 2 aromatic carbocycles. The summed E-state index contributed by atoms with van der Waals surface area (Å²) in [6.45, 7) is 10.6. The minimum absolute atomic E-state index is 0.0134. The highest BCUT2D eigenvalue weighted by molar-refractivity contribution is 7.80. The average molecular weight is 502 g/mol. The highest BCUT2D eigenvalue weighted by atomic mass is 32.1. The SMILES string of the molecule is CCN(C(=O)C(CS)NC(=O)OC(C)(C)C)C(C(=O)Nc1ccccc1C)c1cccc(C)c1O. The number of likely N-dealkylation sites (N-methyl/N-ethyl adjacent to an activating group) is 1. The van der Waals surface area contributed by atoms with Crippen LogP contribution in [0, 0.1) is 13.8 Å². The number of ether oxygens (including phenoxy) is 1. The van der Waals surface area contributed by atoms with E-state index in [1.54, 1.807) is 65.0 Å². The lowest BCUT2D eigenvalue weighted by molar-refractivity contribution is -0.140. The summed E-state index contributed by atoms with van der Waals surface area (Å²) in [4.78, 5) is 40.9. The number of hydrogen-bond donors (Lipinski definition) is 4. The normalized spacial score (nSPS) is 12.9. The first-order chi connectivity index (χ1) is 16.4. The van der Waals surface area contributed by atoms with Gasteiger partial charge in [-0.3, -0.25) is 9.59 Å². The van der Waals surface area contributed by atoms with E-state index < -0.39 is 35.6 Å². The summed E-state index contributed by atoms with van der Waals surface area (Å²) in [7, 11) is 0. The van der Waals surface area contributed by atoms with Gasteiger partial charge in [0, 0.05) is 23.5 Å². The molecule has 2 aromatic rings. The summed E-state index contributed by atoms with van der Waals surface area (Å²) in [6.07, 6.45) is -0.764. The summed E-state index contributed by atoms with van der Waals surface area (Å²) >= 11 is 4.24. The molecule has 2 unspecified atom stereocenters. The number of rotatable bonds is 8. The molecule has 0 radical (unpaired) electrons. The van der Waals surface area contributed by atoms with Crippen molar-refractivity contribution in [1.29, 1.82) is 0 Å². The van der Waals surface area contributed by atoms with Gasteiger partial charge in [0.15, 0.2) is 0 Å². The Kier molecular flexibility index (Phi) is 9.59. The number of nitrogens with one attached hydrogen (secondary N) is 2. The van der Waals surface area contributed by atoms with Crippen molar-refractivity contribution in [3.05, 3.63) is 59.2 Å². The van der Waals surface area contributed by atoms with E-state index >= 15 is 0 Å². The van der Waals surface area contributed by atoms with E-state index in [2.05, 4.69) is 23.3 Å². The summed E-state index contributed by atoms with van der Waals surface area (Å²) in [6, 6.07) is 10.1. The fraction of sp³-hybridized carbons (Fsp3) is 0.423. The van der Waals surface area contributed by atoms with Crippen LogP contribution in [0.15, 0.2) is 42.5 Å². The number of hydrogen-bond acceptors (Lipinski definition) is 6. The van der Waals surface area contributed by atoms with Crippen LogP contribution in [-0.4, -0.2) is 51.9 Å². The molecule has 0 saturated carbocycles. The third kappa shape index (κ3) is 7.39. The topological polar surface area (TPSA) is 108 Å². The summed E-state index contributed by atoms with van der Waals surface area (Å²) in [5.41, 5.74) is 1.54. The van der Waals surface area contributed by atoms with Crippen LogP contribution in [0.2, 0.25) is 0 Å². The number of phenolic OH excluding ortho intramolecular Hbond substituents is 1. The summed E-state index contributed by atoms with van der Waals surface area (Å²) in [5.74, 6) is -1.11. The van der Waals surface area contributed by atoms with Crippen LogP contribution in [-0.2, 0) is 14.3 Å². The minimum Gasteiger partial charge on any atom is -0.507 e. The maximum absolute atomic E-state index is 13.6. The number of benzene rings is 2. The Morgan fingerprint density at radius 3 is 2.26 bits per heavy atom. The molecule has 0 aromatic heterocycles. The van der Waals surface area contributed by atoms with Crippen molar-refractivity contribution in [3.63, 3.8) is 0 Å². The number of alkyl carbamates (subject to hydrolysis) is 1. The lowest BCUT2D eigenvalue weighted by Gasteiger charge is -2.33. The van der Waals surface area contributed by atoms with E-state index in [0.29, 0.717) is 11.3 Å². The number of phenols is 1. The molecule has 2 rings (SSSR count). The zero-order chi connectivity index (χ0) is 26.3. The van der Waals surface area contributed by atoms with Gasteiger partial charge in [0.1, 0.15) is 23.4 Å². The van der Waals surface area contributed by atoms with E-state index in [-0.39, 0.29) is 23.6 Å². The predicted molar refractivity (Wildman–Crippen MR) is 140 cm³/mol.